The number of benzene rings is 2. The lowest BCUT2D eigenvalue weighted by Gasteiger charge is -2.36. The third-order valence-corrected chi connectivity index (χ3v) is 6.26. The van der Waals surface area contributed by atoms with Crippen molar-refractivity contribution in [2.24, 2.45) is 0 Å². The summed E-state index contributed by atoms with van der Waals surface area (Å²) in [4.78, 5) is 13.7. The third-order valence-electron chi connectivity index (χ3n) is 6.26. The van der Waals surface area contributed by atoms with Crippen molar-refractivity contribution in [2.75, 3.05) is 19.6 Å². The predicted octanol–water partition coefficient (Wildman–Crippen LogP) is 5.29. The molecule has 2 aromatic carbocycles. The van der Waals surface area contributed by atoms with Crippen LogP contribution in [0.3, 0.4) is 0 Å². The smallest absolute Gasteiger partial charge is 0.416 e. The maximum atomic E-state index is 15.2. The summed E-state index contributed by atoms with van der Waals surface area (Å²) in [6, 6.07) is 14.9. The summed E-state index contributed by atoms with van der Waals surface area (Å²) in [5, 5.41) is 3.33. The van der Waals surface area contributed by atoms with Gasteiger partial charge in [0.05, 0.1) is 5.56 Å². The molecule has 2 aliphatic rings. The first-order valence-electron chi connectivity index (χ1n) is 10.8. The number of halogens is 4. The number of piperidine rings is 1. The molecule has 0 bridgehead atoms. The van der Waals surface area contributed by atoms with E-state index in [4.69, 9.17) is 4.74 Å². The number of amides is 1. The van der Waals surface area contributed by atoms with Crippen molar-refractivity contribution in [3.63, 3.8) is 0 Å². The Balaban J connectivity index is 1.18. The van der Waals surface area contributed by atoms with Gasteiger partial charge in [-0.15, -0.1) is 0 Å². The van der Waals surface area contributed by atoms with Gasteiger partial charge in [-0.2, -0.15) is 13.2 Å². The second-order valence-corrected chi connectivity index (χ2v) is 8.63. The quantitative estimate of drug-likeness (QED) is 0.608. The Labute approximate surface area is 184 Å². The maximum absolute atomic E-state index is 15.2. The van der Waals surface area contributed by atoms with Crippen LogP contribution in [0.25, 0.3) is 0 Å². The van der Waals surface area contributed by atoms with Crippen molar-refractivity contribution < 1.29 is 27.1 Å². The number of carbonyl (C=O) groups is 1. The summed E-state index contributed by atoms with van der Waals surface area (Å²) in [5.41, 5.74) is -0.389. The normalized spacial score (nSPS) is 22.4. The van der Waals surface area contributed by atoms with Gasteiger partial charge in [0, 0.05) is 44.4 Å². The molecule has 4 rings (SSSR count). The van der Waals surface area contributed by atoms with Gasteiger partial charge in [-0.25, -0.2) is 9.18 Å². The van der Waals surface area contributed by atoms with Crippen LogP contribution in [0.5, 0.6) is 0 Å². The first-order valence-corrected chi connectivity index (χ1v) is 10.8. The van der Waals surface area contributed by atoms with E-state index >= 15 is 4.39 Å². The highest BCUT2D eigenvalue weighted by atomic mass is 19.4. The Bertz CT molecular complexity index is 910. The van der Waals surface area contributed by atoms with Gasteiger partial charge in [0.15, 0.2) is 0 Å². The second-order valence-electron chi connectivity index (χ2n) is 8.63. The van der Waals surface area contributed by atoms with E-state index in [0.717, 1.165) is 18.6 Å². The highest BCUT2D eigenvalue weighted by Crippen LogP contribution is 2.41. The molecule has 1 heterocycles. The summed E-state index contributed by atoms with van der Waals surface area (Å²) >= 11 is 0. The van der Waals surface area contributed by atoms with Gasteiger partial charge in [0.1, 0.15) is 12.3 Å². The molecule has 8 heteroatoms. The molecule has 0 aromatic heterocycles. The third kappa shape index (κ3) is 5.59. The first kappa shape index (κ1) is 22.6. The summed E-state index contributed by atoms with van der Waals surface area (Å²) in [5.74, 6) is 0.431. The molecule has 1 saturated carbocycles. The molecule has 1 aliphatic carbocycles. The van der Waals surface area contributed by atoms with Crippen LogP contribution in [-0.4, -0.2) is 42.3 Å². The Hall–Kier alpha value is -2.61. The highest BCUT2D eigenvalue weighted by Gasteiger charge is 2.42. The van der Waals surface area contributed by atoms with Crippen LogP contribution < -0.4 is 5.32 Å². The lowest BCUT2D eigenvalue weighted by atomic mass is 9.93. The van der Waals surface area contributed by atoms with Crippen LogP contribution in [0, 0.1) is 0 Å². The summed E-state index contributed by atoms with van der Waals surface area (Å²) in [7, 11) is 0. The van der Waals surface area contributed by atoms with Gasteiger partial charge in [0.2, 0.25) is 0 Å². The Morgan fingerprint density at radius 3 is 2.34 bits per heavy atom. The minimum Gasteiger partial charge on any atom is -0.445 e. The number of hydrogen-bond acceptors (Lipinski definition) is 3. The average molecular weight is 450 g/mol. The number of rotatable bonds is 6. The molecule has 32 heavy (non-hydrogen) atoms. The van der Waals surface area contributed by atoms with E-state index in [2.05, 4.69) is 17.4 Å². The second kappa shape index (κ2) is 9.10. The van der Waals surface area contributed by atoms with Crippen molar-refractivity contribution in [3.05, 3.63) is 71.3 Å². The van der Waals surface area contributed by atoms with E-state index in [1.807, 2.05) is 18.2 Å². The van der Waals surface area contributed by atoms with Crippen molar-refractivity contribution in [1.82, 2.24) is 10.2 Å². The van der Waals surface area contributed by atoms with E-state index in [9.17, 15) is 18.0 Å². The topological polar surface area (TPSA) is 41.6 Å². The fourth-order valence-electron chi connectivity index (χ4n) is 4.10. The van der Waals surface area contributed by atoms with Crippen molar-refractivity contribution in [2.45, 2.75) is 49.7 Å². The van der Waals surface area contributed by atoms with Crippen molar-refractivity contribution in [3.8, 4) is 0 Å². The molecule has 172 valence electrons. The lowest BCUT2D eigenvalue weighted by molar-refractivity contribution is -0.137. The first-order chi connectivity index (χ1) is 15.2. The number of likely N-dealkylation sites (tertiary alicyclic amines) is 1. The molecule has 1 amide bonds. The van der Waals surface area contributed by atoms with Gasteiger partial charge >= 0.3 is 12.3 Å². The monoisotopic (exact) mass is 450 g/mol. The summed E-state index contributed by atoms with van der Waals surface area (Å²) < 4.78 is 58.2. The number of carbonyl (C=O) groups excluding carboxylic acids is 1. The van der Waals surface area contributed by atoms with Crippen LogP contribution in [0.2, 0.25) is 0 Å². The molecule has 4 nitrogen and oxygen atoms in total. The van der Waals surface area contributed by atoms with E-state index < -0.39 is 23.5 Å². The number of alkyl halides is 4. The number of nitrogens with one attached hydrogen (secondary N) is 1. The van der Waals surface area contributed by atoms with Crippen molar-refractivity contribution in [1.29, 1.82) is 0 Å². The van der Waals surface area contributed by atoms with E-state index in [0.29, 0.717) is 11.5 Å². The van der Waals surface area contributed by atoms with Crippen LogP contribution in [0.1, 0.15) is 41.9 Å². The summed E-state index contributed by atoms with van der Waals surface area (Å²) in [6.07, 6.45) is -3.54. The minimum absolute atomic E-state index is 0.127. The molecular weight excluding hydrogens is 424 g/mol. The standard InChI is InChI=1S/C24H26F4N2O2/c25-23(16-29-21-14-20(21)18-4-2-1-3-5-18)10-12-30(13-11-23)22(31)32-15-17-6-8-19(9-7-17)24(26,27)28/h1-9,20-21,29H,10-16H2. The maximum Gasteiger partial charge on any atom is 0.416 e. The number of nitrogens with zero attached hydrogens (tertiary/aromatic N) is 1. The molecule has 2 fully saturated rings. The molecule has 1 N–H and O–H groups in total. The fraction of sp³-hybridized carbons (Fsp3) is 0.458. The average Bonchev–Trinajstić information content (AvgIpc) is 3.57. The van der Waals surface area contributed by atoms with Crippen LogP contribution in [-0.2, 0) is 17.5 Å². The molecule has 1 saturated heterocycles. The van der Waals surface area contributed by atoms with Gasteiger partial charge < -0.3 is 15.0 Å². The molecule has 2 aromatic rings. The number of hydrogen-bond donors (Lipinski definition) is 1. The van der Waals surface area contributed by atoms with E-state index in [1.54, 1.807) is 0 Å². The van der Waals surface area contributed by atoms with Gasteiger partial charge in [-0.1, -0.05) is 42.5 Å². The van der Waals surface area contributed by atoms with Gasteiger partial charge in [-0.05, 0) is 29.7 Å². The zero-order valence-electron chi connectivity index (χ0n) is 17.6. The Morgan fingerprint density at radius 2 is 1.72 bits per heavy atom. The fourth-order valence-corrected chi connectivity index (χ4v) is 4.10. The molecule has 2 atom stereocenters. The van der Waals surface area contributed by atoms with Crippen LogP contribution in [0.4, 0.5) is 22.4 Å². The van der Waals surface area contributed by atoms with E-state index in [-0.39, 0.29) is 45.1 Å². The zero-order chi connectivity index (χ0) is 22.8. The number of ether oxygens (including phenoxy) is 1. The molecular formula is C24H26F4N2O2. The minimum atomic E-state index is -4.40. The van der Waals surface area contributed by atoms with E-state index in [1.165, 1.54) is 22.6 Å². The highest BCUT2D eigenvalue weighted by molar-refractivity contribution is 5.67. The Kier molecular flexibility index (Phi) is 6.42. The zero-order valence-corrected chi connectivity index (χ0v) is 17.6. The van der Waals surface area contributed by atoms with Gasteiger partial charge in [-0.3, -0.25) is 0 Å². The Morgan fingerprint density at radius 1 is 1.06 bits per heavy atom. The summed E-state index contributed by atoms with van der Waals surface area (Å²) in [6.45, 7) is 0.626. The van der Waals surface area contributed by atoms with Crippen LogP contribution in [0.15, 0.2) is 54.6 Å². The molecule has 2 unspecified atom stereocenters. The van der Waals surface area contributed by atoms with Crippen LogP contribution >= 0.6 is 0 Å². The predicted molar refractivity (Wildman–Crippen MR) is 112 cm³/mol. The largest absolute Gasteiger partial charge is 0.445 e. The van der Waals surface area contributed by atoms with Crippen molar-refractivity contribution >= 4 is 6.09 Å². The SMILES string of the molecule is O=C(OCc1ccc(C(F)(F)F)cc1)N1CCC(F)(CNC2CC2c2ccccc2)CC1. The molecule has 0 spiro atoms. The molecule has 0 radical (unpaired) electrons. The van der Waals surface area contributed by atoms with Gasteiger partial charge in [0.25, 0.3) is 0 Å². The molecule has 1 aliphatic heterocycles. The lowest BCUT2D eigenvalue weighted by Crippen LogP contribution is -2.49.